The Morgan fingerprint density at radius 3 is 2.63 bits per heavy atom. The SMILES string of the molecule is O=C(N[C@@H](Cc1cc(F)cc(F)c1)[C@H](O)CN1CCCCCCCOCc2cc3nc(NC4CC4)oc3cc2S1(=O)=O)O[C@@H]1CC2CO[C@@H]3OCC[C@H]1[C@H]23. The van der Waals surface area contributed by atoms with Gasteiger partial charge in [-0.2, -0.15) is 9.29 Å². The zero-order valence-corrected chi connectivity index (χ0v) is 30.9. The van der Waals surface area contributed by atoms with Crippen molar-refractivity contribution in [1.82, 2.24) is 14.6 Å². The van der Waals surface area contributed by atoms with Crippen LogP contribution in [0.1, 0.15) is 68.9 Å². The molecule has 1 unspecified atom stereocenters. The van der Waals surface area contributed by atoms with Crippen molar-refractivity contribution < 1.29 is 50.5 Å². The molecule has 7 atom stereocenters. The average Bonchev–Trinajstić information content (AvgIpc) is 3.54. The summed E-state index contributed by atoms with van der Waals surface area (Å²) in [5.74, 6) is -1.25. The number of fused-ring (bicyclic) bond motifs is 2. The minimum Gasteiger partial charge on any atom is -0.446 e. The molecule has 2 aromatic carbocycles. The normalized spacial score (nSPS) is 28.5. The molecular weight excluding hydrogens is 727 g/mol. The molecule has 2 saturated carbocycles. The number of sulfonamides is 1. The third-order valence-electron chi connectivity index (χ3n) is 11.4. The maximum Gasteiger partial charge on any atom is 0.407 e. The largest absolute Gasteiger partial charge is 0.446 e. The van der Waals surface area contributed by atoms with E-state index < -0.39 is 52.5 Å². The Hall–Kier alpha value is -3.41. The Bertz CT molecular complexity index is 1910. The molecule has 4 heterocycles. The lowest BCUT2D eigenvalue weighted by Crippen LogP contribution is -2.51. The average molecular weight is 775 g/mol. The first kappa shape index (κ1) is 37.5. The Morgan fingerprint density at radius 1 is 1.02 bits per heavy atom. The fourth-order valence-corrected chi connectivity index (χ4v) is 10.2. The number of ether oxygens (including phenoxy) is 4. The molecule has 2 aliphatic carbocycles. The van der Waals surface area contributed by atoms with Crippen molar-refractivity contribution in [3.8, 4) is 0 Å². The maximum absolute atomic E-state index is 14.7. The second-order valence-electron chi connectivity index (χ2n) is 15.4. The molecule has 1 aromatic heterocycles. The Morgan fingerprint density at radius 2 is 1.81 bits per heavy atom. The lowest BCUT2D eigenvalue weighted by molar-refractivity contribution is -0.173. The van der Waals surface area contributed by atoms with E-state index in [0.29, 0.717) is 61.8 Å². The molecule has 1 amide bonds. The molecule has 0 radical (unpaired) electrons. The molecule has 4 fully saturated rings. The van der Waals surface area contributed by atoms with Crippen LogP contribution in [0.25, 0.3) is 11.1 Å². The monoisotopic (exact) mass is 774 g/mol. The van der Waals surface area contributed by atoms with Gasteiger partial charge in [-0.15, -0.1) is 0 Å². The number of anilines is 1. The van der Waals surface area contributed by atoms with Crippen molar-refractivity contribution in [3.63, 3.8) is 0 Å². The summed E-state index contributed by atoms with van der Waals surface area (Å²) >= 11 is 0. The molecule has 3 aromatic rings. The number of oxazole rings is 1. The summed E-state index contributed by atoms with van der Waals surface area (Å²) in [6.45, 7) is 1.20. The van der Waals surface area contributed by atoms with Gasteiger partial charge in [-0.05, 0) is 74.6 Å². The number of alkyl carbamates (subject to hydrolysis) is 1. The summed E-state index contributed by atoms with van der Waals surface area (Å²) in [5, 5.41) is 17.8. The minimum atomic E-state index is -4.30. The number of aromatic nitrogens is 1. The molecule has 5 aliphatic rings. The number of hydrogen-bond acceptors (Lipinski definition) is 11. The molecule has 13 nitrogen and oxygen atoms in total. The molecule has 0 bridgehead atoms. The molecule has 54 heavy (non-hydrogen) atoms. The number of carbonyl (C=O) groups excluding carboxylic acids is 1. The van der Waals surface area contributed by atoms with Gasteiger partial charge in [0.05, 0.1) is 36.9 Å². The van der Waals surface area contributed by atoms with Gasteiger partial charge in [0, 0.05) is 55.3 Å². The number of nitrogens with one attached hydrogen (secondary N) is 2. The standard InChI is InChI=1S/C38H48F2N4O9S/c39-25-12-22(13-26(40)17-25)14-29(43-38(46)53-32-16-24-21-51-36-35(24)28(32)8-11-50-36)31(45)19-44-9-4-2-1-3-5-10-49-20-23-15-30-33(18-34(23)54(44,47)48)52-37(42-30)41-27-6-7-27/h12-13,15,17-18,24,27-29,31-32,35-36,45H,1-11,14,16,19-21H2,(H,41,42)(H,43,46)/t24?,28-,29+,31-,32-,35+,36+/m1/s1. The van der Waals surface area contributed by atoms with Crippen LogP contribution in [0.2, 0.25) is 0 Å². The van der Waals surface area contributed by atoms with Gasteiger partial charge >= 0.3 is 6.09 Å². The number of rotatable bonds is 9. The number of benzene rings is 2. The fraction of sp³-hybridized carbons (Fsp3) is 0.632. The molecule has 0 spiro atoms. The number of amides is 1. The van der Waals surface area contributed by atoms with E-state index in [1.165, 1.54) is 10.4 Å². The molecule has 3 N–H and O–H groups in total. The highest BCUT2D eigenvalue weighted by Gasteiger charge is 2.55. The highest BCUT2D eigenvalue weighted by molar-refractivity contribution is 7.89. The van der Waals surface area contributed by atoms with E-state index in [4.69, 9.17) is 23.4 Å². The number of nitrogens with zero attached hydrogens (tertiary/aromatic N) is 2. The number of β-amino-alcohol motifs (C(OH)–C–C–N with tert-alkyl or cyclic N) is 1. The number of hydrogen-bond donors (Lipinski definition) is 3. The first-order valence-corrected chi connectivity index (χ1v) is 20.7. The van der Waals surface area contributed by atoms with Gasteiger partial charge in [-0.1, -0.05) is 19.3 Å². The zero-order valence-electron chi connectivity index (χ0n) is 30.1. The van der Waals surface area contributed by atoms with Gasteiger partial charge in [-0.3, -0.25) is 0 Å². The van der Waals surface area contributed by atoms with Crippen LogP contribution in [-0.2, 0) is 42.0 Å². The quantitative estimate of drug-likeness (QED) is 0.261. The topological polar surface area (TPSA) is 162 Å². The second kappa shape index (κ2) is 16.0. The lowest BCUT2D eigenvalue weighted by atomic mass is 9.87. The minimum absolute atomic E-state index is 0.0304. The van der Waals surface area contributed by atoms with Crippen LogP contribution in [0.15, 0.2) is 39.6 Å². The maximum atomic E-state index is 14.7. The van der Waals surface area contributed by atoms with E-state index >= 15 is 0 Å². The molecule has 3 aliphatic heterocycles. The highest BCUT2D eigenvalue weighted by Crippen LogP contribution is 2.50. The first-order valence-electron chi connectivity index (χ1n) is 19.2. The van der Waals surface area contributed by atoms with Gasteiger partial charge in [0.15, 0.2) is 11.9 Å². The zero-order chi connectivity index (χ0) is 37.4. The van der Waals surface area contributed by atoms with Crippen LogP contribution < -0.4 is 10.6 Å². The van der Waals surface area contributed by atoms with Crippen molar-refractivity contribution in [2.45, 2.75) is 106 Å². The van der Waals surface area contributed by atoms with E-state index in [9.17, 15) is 27.1 Å². The van der Waals surface area contributed by atoms with Crippen molar-refractivity contribution in [2.75, 3.05) is 38.2 Å². The molecule has 16 heteroatoms. The van der Waals surface area contributed by atoms with Crippen LogP contribution in [-0.4, -0.2) is 92.4 Å². The van der Waals surface area contributed by atoms with Gasteiger partial charge in [0.1, 0.15) is 23.3 Å². The molecule has 2 saturated heterocycles. The summed E-state index contributed by atoms with van der Waals surface area (Å²) in [7, 11) is -4.30. The van der Waals surface area contributed by atoms with Crippen molar-refractivity contribution in [2.24, 2.45) is 17.8 Å². The third kappa shape index (κ3) is 8.38. The van der Waals surface area contributed by atoms with Crippen molar-refractivity contribution >= 4 is 33.2 Å². The smallest absolute Gasteiger partial charge is 0.407 e. The lowest BCUT2D eigenvalue weighted by Gasteiger charge is -2.33. The van der Waals surface area contributed by atoms with E-state index in [0.717, 1.165) is 56.7 Å². The summed E-state index contributed by atoms with van der Waals surface area (Å²) in [6.07, 6.45) is 4.04. The van der Waals surface area contributed by atoms with E-state index in [2.05, 4.69) is 15.6 Å². The summed E-state index contributed by atoms with van der Waals surface area (Å²) in [4.78, 5) is 18.1. The van der Waals surface area contributed by atoms with Gasteiger partial charge in [0.25, 0.3) is 6.01 Å². The Labute approximate surface area is 313 Å². The number of carbonyl (C=O) groups is 1. The predicted molar refractivity (Wildman–Crippen MR) is 191 cm³/mol. The van der Waals surface area contributed by atoms with Crippen molar-refractivity contribution in [3.05, 3.63) is 53.1 Å². The van der Waals surface area contributed by atoms with E-state index in [1.807, 2.05) is 0 Å². The van der Waals surface area contributed by atoms with Crippen LogP contribution in [0, 0.1) is 29.4 Å². The van der Waals surface area contributed by atoms with Gasteiger partial charge in [-0.25, -0.2) is 22.0 Å². The predicted octanol–water partition coefficient (Wildman–Crippen LogP) is 5.25. The number of aliphatic hydroxyl groups excluding tert-OH is 1. The van der Waals surface area contributed by atoms with Crippen LogP contribution in [0.5, 0.6) is 0 Å². The van der Waals surface area contributed by atoms with Gasteiger partial charge < -0.3 is 39.1 Å². The number of aliphatic hydroxyl groups is 1. The number of halogens is 2. The van der Waals surface area contributed by atoms with E-state index in [-0.39, 0.29) is 60.1 Å². The molecular formula is C38H48F2N4O9S. The summed E-state index contributed by atoms with van der Waals surface area (Å²) < 4.78 is 88.6. The summed E-state index contributed by atoms with van der Waals surface area (Å²) in [6, 6.07) is 5.53. The fourth-order valence-electron chi connectivity index (χ4n) is 8.55. The third-order valence-corrected chi connectivity index (χ3v) is 13.4. The molecule has 294 valence electrons. The van der Waals surface area contributed by atoms with Crippen LogP contribution in [0.3, 0.4) is 0 Å². The summed E-state index contributed by atoms with van der Waals surface area (Å²) in [5.41, 5.74) is 1.36. The van der Waals surface area contributed by atoms with E-state index in [1.54, 1.807) is 6.07 Å². The van der Waals surface area contributed by atoms with Crippen LogP contribution >= 0.6 is 0 Å². The highest BCUT2D eigenvalue weighted by atomic mass is 32.2. The van der Waals surface area contributed by atoms with Crippen LogP contribution in [0.4, 0.5) is 19.6 Å². The molecule has 8 rings (SSSR count). The first-order chi connectivity index (χ1) is 26.1. The van der Waals surface area contributed by atoms with Crippen molar-refractivity contribution in [1.29, 1.82) is 0 Å². The Balaban J connectivity index is 1.06. The van der Waals surface area contributed by atoms with Gasteiger partial charge in [0.2, 0.25) is 10.0 Å². The Kier molecular flexibility index (Phi) is 11.1. The second-order valence-corrected chi connectivity index (χ2v) is 17.3.